The number of nitrogens with one attached hydrogen (secondary N) is 2. The molecule has 2 heterocycles. The van der Waals surface area contributed by atoms with E-state index < -0.39 is 0 Å². The van der Waals surface area contributed by atoms with Crippen LogP contribution in [0, 0.1) is 5.92 Å². The van der Waals surface area contributed by atoms with E-state index in [4.69, 9.17) is 0 Å². The minimum Gasteiger partial charge on any atom is -0.300 e. The van der Waals surface area contributed by atoms with Crippen LogP contribution in [0.3, 0.4) is 0 Å². The first-order chi connectivity index (χ1) is 11.5. The monoisotopic (exact) mass is 343 g/mol. The lowest BCUT2D eigenvalue weighted by Gasteiger charge is -2.04. The normalized spacial score (nSPS) is 11.1. The van der Waals surface area contributed by atoms with E-state index in [1.165, 1.54) is 11.3 Å². The van der Waals surface area contributed by atoms with Crippen molar-refractivity contribution in [3.05, 3.63) is 45.3 Å². The largest absolute Gasteiger partial charge is 0.300 e. The fourth-order valence-electron chi connectivity index (χ4n) is 2.36. The first-order valence-corrected chi connectivity index (χ1v) is 8.43. The van der Waals surface area contributed by atoms with Gasteiger partial charge in [0, 0.05) is 11.8 Å². The van der Waals surface area contributed by atoms with Gasteiger partial charge in [-0.25, -0.2) is 5.10 Å². The molecule has 0 spiro atoms. The number of anilines is 1. The van der Waals surface area contributed by atoms with Gasteiger partial charge in [0.05, 0.1) is 17.5 Å². The Balaban J connectivity index is 1.75. The summed E-state index contributed by atoms with van der Waals surface area (Å²) >= 11 is 1.37. The molecule has 7 nitrogen and oxygen atoms in total. The zero-order valence-corrected chi connectivity index (χ0v) is 14.2. The predicted octanol–water partition coefficient (Wildman–Crippen LogP) is 2.15. The van der Waals surface area contributed by atoms with Gasteiger partial charge in [0.15, 0.2) is 0 Å². The quantitative estimate of drug-likeness (QED) is 0.739. The Morgan fingerprint density at radius 3 is 2.75 bits per heavy atom. The van der Waals surface area contributed by atoms with E-state index in [2.05, 4.69) is 39.6 Å². The van der Waals surface area contributed by atoms with Crippen molar-refractivity contribution in [2.45, 2.75) is 26.7 Å². The lowest BCUT2D eigenvalue weighted by Crippen LogP contribution is -2.18. The minimum absolute atomic E-state index is 0.0520. The summed E-state index contributed by atoms with van der Waals surface area (Å²) in [5.74, 6) is 0.241. The molecular weight excluding hydrogens is 326 g/mol. The van der Waals surface area contributed by atoms with Gasteiger partial charge in [0.2, 0.25) is 11.0 Å². The number of benzene rings is 1. The number of amides is 1. The maximum atomic E-state index is 12.2. The van der Waals surface area contributed by atoms with Crippen LogP contribution in [0.15, 0.2) is 29.1 Å². The maximum Gasteiger partial charge on any atom is 0.272 e. The Bertz CT molecular complexity index is 931. The number of carbonyl (C=O) groups excluding carboxylic acids is 1. The topological polar surface area (TPSA) is 101 Å². The average molecular weight is 343 g/mol. The van der Waals surface area contributed by atoms with Crippen molar-refractivity contribution >= 4 is 33.1 Å². The Hall–Kier alpha value is -2.61. The molecule has 0 saturated heterocycles. The molecule has 1 amide bonds. The van der Waals surface area contributed by atoms with Gasteiger partial charge in [-0.3, -0.25) is 9.59 Å². The molecule has 0 unspecified atom stereocenters. The summed E-state index contributed by atoms with van der Waals surface area (Å²) < 4.78 is 0. The third kappa shape index (κ3) is 3.65. The number of hydrogen-bond donors (Lipinski definition) is 2. The molecule has 0 bridgehead atoms. The van der Waals surface area contributed by atoms with Crippen molar-refractivity contribution < 1.29 is 4.79 Å². The van der Waals surface area contributed by atoms with E-state index in [9.17, 15) is 9.59 Å². The molecule has 0 radical (unpaired) electrons. The van der Waals surface area contributed by atoms with Crippen LogP contribution in [0.1, 0.15) is 24.5 Å². The molecule has 0 atom stereocenters. The van der Waals surface area contributed by atoms with E-state index in [0.29, 0.717) is 27.5 Å². The zero-order valence-electron chi connectivity index (χ0n) is 13.4. The molecule has 3 aromatic rings. The molecule has 2 aromatic heterocycles. The van der Waals surface area contributed by atoms with Gasteiger partial charge in [-0.2, -0.15) is 5.10 Å². The number of carbonyl (C=O) groups is 1. The highest BCUT2D eigenvalue weighted by Crippen LogP contribution is 2.19. The Morgan fingerprint density at radius 2 is 2.00 bits per heavy atom. The molecule has 0 fully saturated rings. The third-order valence-electron chi connectivity index (χ3n) is 3.40. The molecule has 3 rings (SSSR count). The highest BCUT2D eigenvalue weighted by molar-refractivity contribution is 7.15. The second-order valence-corrected chi connectivity index (χ2v) is 6.93. The van der Waals surface area contributed by atoms with Crippen LogP contribution in [0.2, 0.25) is 0 Å². The standard InChI is InChI=1S/C16H17N5O2S/c1-9(2)7-14-19-21-16(24-14)17-13(22)8-12-10-5-3-4-6-11(10)15(23)20-18-12/h3-6,9H,7-8H2,1-2H3,(H,20,23)(H,17,21,22). The van der Waals surface area contributed by atoms with Gasteiger partial charge in [0.25, 0.3) is 5.56 Å². The molecule has 8 heteroatoms. The van der Waals surface area contributed by atoms with E-state index in [0.717, 1.165) is 11.4 Å². The summed E-state index contributed by atoms with van der Waals surface area (Å²) in [5.41, 5.74) is 0.256. The fourth-order valence-corrected chi connectivity index (χ4v) is 3.33. The predicted molar refractivity (Wildman–Crippen MR) is 93.1 cm³/mol. The zero-order chi connectivity index (χ0) is 17.1. The molecule has 24 heavy (non-hydrogen) atoms. The first-order valence-electron chi connectivity index (χ1n) is 7.61. The highest BCUT2D eigenvalue weighted by Gasteiger charge is 2.13. The lowest BCUT2D eigenvalue weighted by molar-refractivity contribution is -0.115. The van der Waals surface area contributed by atoms with Crippen LogP contribution >= 0.6 is 11.3 Å². The first kappa shape index (κ1) is 16.3. The van der Waals surface area contributed by atoms with E-state index in [-0.39, 0.29) is 17.9 Å². The van der Waals surface area contributed by atoms with E-state index in [1.54, 1.807) is 18.2 Å². The summed E-state index contributed by atoms with van der Waals surface area (Å²) in [4.78, 5) is 24.0. The van der Waals surface area contributed by atoms with Crippen LogP contribution in [0.5, 0.6) is 0 Å². The number of aromatic nitrogens is 4. The van der Waals surface area contributed by atoms with Gasteiger partial charge in [-0.15, -0.1) is 10.2 Å². The molecule has 124 valence electrons. The van der Waals surface area contributed by atoms with Crippen molar-refractivity contribution in [2.24, 2.45) is 5.92 Å². The molecule has 2 N–H and O–H groups in total. The Labute approximate surface area is 142 Å². The number of H-pyrrole nitrogens is 1. The summed E-state index contributed by atoms with van der Waals surface area (Å²) in [6, 6.07) is 7.08. The van der Waals surface area contributed by atoms with Crippen molar-refractivity contribution in [1.29, 1.82) is 0 Å². The molecule has 0 saturated carbocycles. The number of rotatable bonds is 5. The second kappa shape index (κ2) is 6.88. The van der Waals surface area contributed by atoms with Gasteiger partial charge in [-0.05, 0) is 12.0 Å². The highest BCUT2D eigenvalue weighted by atomic mass is 32.1. The average Bonchev–Trinajstić information content (AvgIpc) is 2.96. The van der Waals surface area contributed by atoms with E-state index in [1.807, 2.05) is 6.07 Å². The second-order valence-electron chi connectivity index (χ2n) is 5.87. The van der Waals surface area contributed by atoms with Crippen LogP contribution in [0.4, 0.5) is 5.13 Å². The van der Waals surface area contributed by atoms with Crippen molar-refractivity contribution in [1.82, 2.24) is 20.4 Å². The van der Waals surface area contributed by atoms with Gasteiger partial charge < -0.3 is 5.32 Å². The van der Waals surface area contributed by atoms with Gasteiger partial charge in [0.1, 0.15) is 5.01 Å². The summed E-state index contributed by atoms with van der Waals surface area (Å²) in [6.07, 6.45) is 0.885. The minimum atomic E-state index is -0.266. The smallest absolute Gasteiger partial charge is 0.272 e. The van der Waals surface area contributed by atoms with Gasteiger partial charge >= 0.3 is 0 Å². The van der Waals surface area contributed by atoms with Crippen LogP contribution in [0.25, 0.3) is 10.8 Å². The summed E-state index contributed by atoms with van der Waals surface area (Å²) in [5, 5.41) is 19.8. The van der Waals surface area contributed by atoms with Crippen LogP contribution < -0.4 is 10.9 Å². The third-order valence-corrected chi connectivity index (χ3v) is 4.26. The summed E-state index contributed by atoms with van der Waals surface area (Å²) in [6.45, 7) is 4.21. The summed E-state index contributed by atoms with van der Waals surface area (Å²) in [7, 11) is 0. The van der Waals surface area contributed by atoms with Crippen molar-refractivity contribution in [2.75, 3.05) is 5.32 Å². The molecule has 0 aliphatic rings. The number of hydrogen-bond acceptors (Lipinski definition) is 6. The SMILES string of the molecule is CC(C)Cc1nnc(NC(=O)Cc2n[nH]c(=O)c3ccccc23)s1. The fraction of sp³-hybridized carbons (Fsp3) is 0.312. The Kier molecular flexibility index (Phi) is 4.66. The van der Waals surface area contributed by atoms with Crippen LogP contribution in [-0.4, -0.2) is 26.3 Å². The van der Waals surface area contributed by atoms with Crippen LogP contribution in [-0.2, 0) is 17.6 Å². The maximum absolute atomic E-state index is 12.2. The molecular formula is C16H17N5O2S. The lowest BCUT2D eigenvalue weighted by atomic mass is 10.1. The number of nitrogens with zero attached hydrogens (tertiary/aromatic N) is 3. The van der Waals surface area contributed by atoms with Crippen molar-refractivity contribution in [3.8, 4) is 0 Å². The molecule has 1 aromatic carbocycles. The number of fused-ring (bicyclic) bond motifs is 1. The van der Waals surface area contributed by atoms with E-state index >= 15 is 0 Å². The molecule has 0 aliphatic carbocycles. The van der Waals surface area contributed by atoms with Gasteiger partial charge in [-0.1, -0.05) is 43.4 Å². The number of aromatic amines is 1. The van der Waals surface area contributed by atoms with Crippen molar-refractivity contribution in [3.63, 3.8) is 0 Å². The Morgan fingerprint density at radius 1 is 1.25 bits per heavy atom. The molecule has 0 aliphatic heterocycles.